The van der Waals surface area contributed by atoms with Crippen LogP contribution < -0.4 is 15.6 Å². The van der Waals surface area contributed by atoms with Crippen molar-refractivity contribution in [1.82, 2.24) is 5.32 Å². The minimum atomic E-state index is -0.250. The van der Waals surface area contributed by atoms with Gasteiger partial charge in [-0.1, -0.05) is 36.4 Å². The highest BCUT2D eigenvalue weighted by Crippen LogP contribution is 2.13. The van der Waals surface area contributed by atoms with Gasteiger partial charge in [0.1, 0.15) is 6.54 Å². The van der Waals surface area contributed by atoms with Crippen molar-refractivity contribution in [2.45, 2.75) is 12.6 Å². The molecule has 0 radical (unpaired) electrons. The van der Waals surface area contributed by atoms with E-state index in [0.717, 1.165) is 17.6 Å². The number of carbonyl (C=O) groups is 1. The number of hydrogen-bond donors (Lipinski definition) is 2. The lowest BCUT2D eigenvalue weighted by Gasteiger charge is -2.14. The molecule has 2 aromatic carbocycles. The zero-order valence-corrected chi connectivity index (χ0v) is 13.1. The van der Waals surface area contributed by atoms with Gasteiger partial charge in [0.15, 0.2) is 12.2 Å². The van der Waals surface area contributed by atoms with Gasteiger partial charge in [0.25, 0.3) is 5.91 Å². The molecule has 0 aliphatic rings. The second-order valence-corrected chi connectivity index (χ2v) is 5.49. The first-order valence-electron chi connectivity index (χ1n) is 7.78. The van der Waals surface area contributed by atoms with E-state index in [-0.39, 0.29) is 11.9 Å². The number of aromatic nitrogens is 1. The summed E-state index contributed by atoms with van der Waals surface area (Å²) in [4.78, 5) is 15.6. The number of nitrogens with two attached hydrogens (primary N) is 1. The van der Waals surface area contributed by atoms with Crippen molar-refractivity contribution in [2.24, 2.45) is 0 Å². The number of amides is 1. The van der Waals surface area contributed by atoms with E-state index in [1.165, 1.54) is 10.9 Å². The Labute approximate surface area is 135 Å². The molecule has 4 N–H and O–H groups in total. The second kappa shape index (κ2) is 7.03. The second-order valence-electron chi connectivity index (χ2n) is 5.49. The summed E-state index contributed by atoms with van der Waals surface area (Å²) in [5.41, 5.74) is 3.32. The fourth-order valence-corrected chi connectivity index (χ4v) is 2.84. The highest BCUT2D eigenvalue weighted by molar-refractivity contribution is 5.81. The van der Waals surface area contributed by atoms with Crippen molar-refractivity contribution < 1.29 is 15.1 Å². The number of nitrogens with one attached hydrogen (secondary N) is 2. The maximum atomic E-state index is 12.2. The number of pyridine rings is 1. The molecular weight excluding hydrogens is 286 g/mol. The zero-order valence-electron chi connectivity index (χ0n) is 13.1. The van der Waals surface area contributed by atoms with Gasteiger partial charge in [0.05, 0.1) is 5.56 Å². The Kier molecular flexibility index (Phi) is 4.64. The molecule has 4 nitrogen and oxygen atoms in total. The smallest absolute Gasteiger partial charge is 0.282 e. The fourth-order valence-electron chi connectivity index (χ4n) is 2.84. The molecule has 23 heavy (non-hydrogen) atoms. The lowest BCUT2D eigenvalue weighted by atomic mass is 10.0. The standard InChI is InChI=1S/C19H19N3O/c1-20-19(23)18(15-7-3-2-4-8-15)22-13-16-10-5-9-14-11-6-12-21-17(14)16/h2-12,18,22H,13H2,1H3,(H,20,23)/p+2. The van der Waals surface area contributed by atoms with Gasteiger partial charge < -0.3 is 10.6 Å². The van der Waals surface area contributed by atoms with Crippen LogP contribution >= 0.6 is 0 Å². The zero-order chi connectivity index (χ0) is 16.1. The molecule has 0 saturated carbocycles. The summed E-state index contributed by atoms with van der Waals surface area (Å²) in [6.07, 6.45) is 1.93. The minimum Gasteiger partial charge on any atom is -0.354 e. The summed E-state index contributed by atoms with van der Waals surface area (Å²) in [5, 5.41) is 6.01. The Morgan fingerprint density at radius 3 is 2.65 bits per heavy atom. The van der Waals surface area contributed by atoms with Crippen LogP contribution in [-0.4, -0.2) is 13.0 Å². The lowest BCUT2D eigenvalue weighted by Crippen LogP contribution is -2.86. The van der Waals surface area contributed by atoms with Crippen LogP contribution in [-0.2, 0) is 11.3 Å². The van der Waals surface area contributed by atoms with Crippen LogP contribution in [0.2, 0.25) is 0 Å². The number of rotatable bonds is 5. The first kappa shape index (κ1) is 15.2. The molecule has 0 bridgehead atoms. The average molecular weight is 307 g/mol. The summed E-state index contributed by atoms with van der Waals surface area (Å²) in [6, 6.07) is 19.9. The molecule has 0 aliphatic carbocycles. The first-order valence-corrected chi connectivity index (χ1v) is 7.78. The highest BCUT2D eigenvalue weighted by Gasteiger charge is 2.23. The topological polar surface area (TPSA) is 59.9 Å². The number of quaternary nitrogens is 1. The predicted molar refractivity (Wildman–Crippen MR) is 89.4 cm³/mol. The molecule has 1 amide bonds. The average Bonchev–Trinajstić information content (AvgIpc) is 2.62. The number of H-pyrrole nitrogens is 1. The Bertz CT molecular complexity index is 797. The molecule has 1 unspecified atom stereocenters. The van der Waals surface area contributed by atoms with Crippen LogP contribution in [0.15, 0.2) is 66.9 Å². The molecule has 4 heteroatoms. The number of hydrogen-bond acceptors (Lipinski definition) is 1. The Balaban J connectivity index is 1.85. The highest BCUT2D eigenvalue weighted by atomic mass is 16.2. The molecule has 0 fully saturated rings. The maximum Gasteiger partial charge on any atom is 0.282 e. The number of para-hydroxylation sites is 1. The number of carbonyl (C=O) groups excluding carboxylic acids is 1. The number of aromatic amines is 1. The van der Waals surface area contributed by atoms with Gasteiger partial charge in [-0.15, -0.1) is 0 Å². The quantitative estimate of drug-likeness (QED) is 0.731. The van der Waals surface area contributed by atoms with Crippen molar-refractivity contribution in [3.05, 3.63) is 78.0 Å². The largest absolute Gasteiger partial charge is 0.354 e. The fraction of sp³-hybridized carbons (Fsp3) is 0.158. The van der Waals surface area contributed by atoms with Gasteiger partial charge >= 0.3 is 0 Å². The molecule has 1 heterocycles. The van der Waals surface area contributed by atoms with Gasteiger partial charge in [-0.2, -0.15) is 0 Å². The monoisotopic (exact) mass is 307 g/mol. The SMILES string of the molecule is CNC(=O)C([NH2+]Cc1cccc2ccc[nH+]c12)c1ccccc1. The molecule has 0 aliphatic heterocycles. The number of benzene rings is 2. The summed E-state index contributed by atoms with van der Waals surface area (Å²) in [7, 11) is 1.68. The molecule has 3 rings (SSSR count). The lowest BCUT2D eigenvalue weighted by molar-refractivity contribution is -0.698. The van der Waals surface area contributed by atoms with E-state index >= 15 is 0 Å². The van der Waals surface area contributed by atoms with Crippen LogP contribution in [0.3, 0.4) is 0 Å². The van der Waals surface area contributed by atoms with E-state index in [2.05, 4.69) is 39.9 Å². The molecule has 3 aromatic rings. The Morgan fingerprint density at radius 1 is 1.09 bits per heavy atom. The molecule has 1 atom stereocenters. The third kappa shape index (κ3) is 3.38. The van der Waals surface area contributed by atoms with Gasteiger partial charge in [0.2, 0.25) is 5.52 Å². The first-order chi connectivity index (χ1) is 11.3. The van der Waals surface area contributed by atoms with Crippen LogP contribution in [0.25, 0.3) is 10.9 Å². The van der Waals surface area contributed by atoms with Crippen molar-refractivity contribution in [3.63, 3.8) is 0 Å². The Morgan fingerprint density at radius 2 is 1.87 bits per heavy atom. The van der Waals surface area contributed by atoms with Crippen molar-refractivity contribution in [1.29, 1.82) is 0 Å². The predicted octanol–water partition coefficient (Wildman–Crippen LogP) is 1.20. The molecule has 1 aromatic heterocycles. The van der Waals surface area contributed by atoms with E-state index < -0.39 is 0 Å². The number of fused-ring (bicyclic) bond motifs is 1. The number of likely N-dealkylation sites (N-methyl/N-ethyl adjacent to an activating group) is 1. The Hall–Kier alpha value is -2.72. The van der Waals surface area contributed by atoms with Crippen LogP contribution in [0.4, 0.5) is 0 Å². The molecule has 116 valence electrons. The normalized spacial score (nSPS) is 12.0. The summed E-state index contributed by atoms with van der Waals surface area (Å²) in [5.74, 6) is 0.0143. The molecular formula is C19H21N3O+2. The van der Waals surface area contributed by atoms with Crippen LogP contribution in [0, 0.1) is 0 Å². The van der Waals surface area contributed by atoms with E-state index in [0.29, 0.717) is 0 Å². The van der Waals surface area contributed by atoms with E-state index in [1.807, 2.05) is 42.6 Å². The van der Waals surface area contributed by atoms with Crippen LogP contribution in [0.1, 0.15) is 17.2 Å². The van der Waals surface area contributed by atoms with Gasteiger partial charge in [0, 0.05) is 24.1 Å². The molecule has 0 saturated heterocycles. The van der Waals surface area contributed by atoms with E-state index in [1.54, 1.807) is 7.05 Å². The summed E-state index contributed by atoms with van der Waals surface area (Å²) in [6.45, 7) is 0.727. The van der Waals surface area contributed by atoms with E-state index in [4.69, 9.17) is 0 Å². The third-order valence-electron chi connectivity index (χ3n) is 4.04. The maximum absolute atomic E-state index is 12.2. The van der Waals surface area contributed by atoms with Gasteiger partial charge in [-0.05, 0) is 18.2 Å². The van der Waals surface area contributed by atoms with Gasteiger partial charge in [-0.3, -0.25) is 4.79 Å². The molecule has 0 spiro atoms. The van der Waals surface area contributed by atoms with Crippen molar-refractivity contribution in [2.75, 3.05) is 7.05 Å². The summed E-state index contributed by atoms with van der Waals surface area (Å²) < 4.78 is 0. The van der Waals surface area contributed by atoms with Crippen LogP contribution in [0.5, 0.6) is 0 Å². The minimum absolute atomic E-state index is 0.0143. The van der Waals surface area contributed by atoms with Crippen molar-refractivity contribution >= 4 is 16.8 Å². The van der Waals surface area contributed by atoms with Gasteiger partial charge in [-0.25, -0.2) is 4.98 Å². The summed E-state index contributed by atoms with van der Waals surface area (Å²) >= 11 is 0. The van der Waals surface area contributed by atoms with E-state index in [9.17, 15) is 4.79 Å². The van der Waals surface area contributed by atoms with Crippen molar-refractivity contribution in [3.8, 4) is 0 Å². The third-order valence-corrected chi connectivity index (χ3v) is 4.04.